The van der Waals surface area contributed by atoms with Crippen molar-refractivity contribution in [1.82, 2.24) is 20.0 Å². The van der Waals surface area contributed by atoms with E-state index in [1.807, 2.05) is 67.6 Å². The zero-order valence-corrected chi connectivity index (χ0v) is 21.4. The molecular weight excluding hydrogens is 450 g/mol. The molecule has 0 bridgehead atoms. The van der Waals surface area contributed by atoms with E-state index in [1.54, 1.807) is 4.68 Å². The van der Waals surface area contributed by atoms with Crippen molar-refractivity contribution in [2.75, 3.05) is 25.0 Å². The van der Waals surface area contributed by atoms with Gasteiger partial charge >= 0.3 is 0 Å². The van der Waals surface area contributed by atoms with E-state index in [2.05, 4.69) is 22.5 Å². The molecule has 0 aliphatic carbocycles. The number of amides is 2. The van der Waals surface area contributed by atoms with Gasteiger partial charge in [0.25, 0.3) is 0 Å². The SMILES string of the molecule is Cc1cccc(-n2nc(-c3ccccc3)cc2NC(=O)CCC(=O)NCCCN2CCCCC2C)c1. The standard InChI is InChI=1S/C29H37N5O2/c1-22-10-8-14-25(20-22)34-27(21-26(32-34)24-12-4-3-5-13-24)31-29(36)16-15-28(35)30-17-9-19-33-18-7-6-11-23(33)2/h3-5,8,10,12-14,20-21,23H,6-7,9,11,15-19H2,1-2H3,(H,30,35)(H,31,36). The van der Waals surface area contributed by atoms with Gasteiger partial charge in [-0.05, 0) is 57.4 Å². The molecule has 0 saturated carbocycles. The Morgan fingerprint density at radius 2 is 1.81 bits per heavy atom. The Morgan fingerprint density at radius 1 is 1.00 bits per heavy atom. The molecule has 36 heavy (non-hydrogen) atoms. The van der Waals surface area contributed by atoms with Gasteiger partial charge in [0.1, 0.15) is 5.82 Å². The Bertz CT molecular complexity index is 1160. The van der Waals surface area contributed by atoms with Crippen LogP contribution >= 0.6 is 0 Å². The van der Waals surface area contributed by atoms with Crippen LogP contribution in [0.5, 0.6) is 0 Å². The van der Waals surface area contributed by atoms with Crippen molar-refractivity contribution in [1.29, 1.82) is 0 Å². The molecule has 2 amide bonds. The topological polar surface area (TPSA) is 79.3 Å². The molecule has 1 saturated heterocycles. The summed E-state index contributed by atoms with van der Waals surface area (Å²) in [5.74, 6) is 0.287. The van der Waals surface area contributed by atoms with E-state index < -0.39 is 0 Å². The van der Waals surface area contributed by atoms with Gasteiger partial charge in [0, 0.05) is 43.6 Å². The molecule has 1 aliphatic heterocycles. The van der Waals surface area contributed by atoms with E-state index in [-0.39, 0.29) is 24.7 Å². The number of piperidine rings is 1. The second kappa shape index (κ2) is 12.5. The lowest BCUT2D eigenvalue weighted by atomic mass is 10.0. The summed E-state index contributed by atoms with van der Waals surface area (Å²) in [6.07, 6.45) is 5.05. The molecule has 0 radical (unpaired) electrons. The first-order chi connectivity index (χ1) is 17.5. The zero-order valence-electron chi connectivity index (χ0n) is 21.4. The highest BCUT2D eigenvalue weighted by Gasteiger charge is 2.18. The fourth-order valence-electron chi connectivity index (χ4n) is 4.70. The Hall–Kier alpha value is -3.45. The Labute approximate surface area is 213 Å². The van der Waals surface area contributed by atoms with Crippen molar-refractivity contribution < 1.29 is 9.59 Å². The number of carbonyl (C=O) groups excluding carboxylic acids is 2. The minimum Gasteiger partial charge on any atom is -0.356 e. The first-order valence-electron chi connectivity index (χ1n) is 13.0. The molecule has 1 unspecified atom stereocenters. The van der Waals surface area contributed by atoms with Gasteiger partial charge in [-0.1, -0.05) is 48.9 Å². The molecule has 7 nitrogen and oxygen atoms in total. The predicted molar refractivity (Wildman–Crippen MR) is 144 cm³/mol. The molecule has 190 valence electrons. The van der Waals surface area contributed by atoms with Crippen LogP contribution in [-0.4, -0.2) is 52.2 Å². The summed E-state index contributed by atoms with van der Waals surface area (Å²) in [4.78, 5) is 27.6. The Balaban J connectivity index is 1.31. The van der Waals surface area contributed by atoms with Gasteiger partial charge in [0.15, 0.2) is 0 Å². The summed E-state index contributed by atoms with van der Waals surface area (Å²) in [6.45, 7) is 7.11. The summed E-state index contributed by atoms with van der Waals surface area (Å²) in [5.41, 5.74) is 3.71. The molecule has 1 fully saturated rings. The molecule has 2 heterocycles. The number of likely N-dealkylation sites (tertiary alicyclic amines) is 1. The van der Waals surface area contributed by atoms with Crippen LogP contribution in [0.3, 0.4) is 0 Å². The maximum atomic E-state index is 12.7. The number of hydrogen-bond donors (Lipinski definition) is 2. The minimum atomic E-state index is -0.208. The highest BCUT2D eigenvalue weighted by molar-refractivity contribution is 5.93. The van der Waals surface area contributed by atoms with Gasteiger partial charge in [0.05, 0.1) is 11.4 Å². The van der Waals surface area contributed by atoms with Crippen molar-refractivity contribution in [3.63, 3.8) is 0 Å². The minimum absolute atomic E-state index is 0.0889. The van der Waals surface area contributed by atoms with E-state index in [0.29, 0.717) is 18.4 Å². The van der Waals surface area contributed by atoms with Crippen LogP contribution in [0.2, 0.25) is 0 Å². The van der Waals surface area contributed by atoms with Crippen LogP contribution < -0.4 is 10.6 Å². The smallest absolute Gasteiger partial charge is 0.226 e. The maximum Gasteiger partial charge on any atom is 0.226 e. The van der Waals surface area contributed by atoms with Crippen molar-refractivity contribution in [2.24, 2.45) is 0 Å². The largest absolute Gasteiger partial charge is 0.356 e. The van der Waals surface area contributed by atoms with Gasteiger partial charge in [-0.15, -0.1) is 0 Å². The highest BCUT2D eigenvalue weighted by atomic mass is 16.2. The van der Waals surface area contributed by atoms with Crippen LogP contribution in [0.15, 0.2) is 60.7 Å². The number of rotatable bonds is 10. The fraction of sp³-hybridized carbons (Fsp3) is 0.414. The fourth-order valence-corrected chi connectivity index (χ4v) is 4.70. The molecule has 1 aromatic heterocycles. The molecule has 2 aromatic carbocycles. The zero-order chi connectivity index (χ0) is 25.3. The van der Waals surface area contributed by atoms with E-state index in [0.717, 1.165) is 42.0 Å². The lowest BCUT2D eigenvalue weighted by Gasteiger charge is -2.33. The maximum absolute atomic E-state index is 12.7. The van der Waals surface area contributed by atoms with Crippen LogP contribution in [0.4, 0.5) is 5.82 Å². The van der Waals surface area contributed by atoms with Crippen molar-refractivity contribution in [3.8, 4) is 16.9 Å². The molecular formula is C29H37N5O2. The van der Waals surface area contributed by atoms with Crippen LogP contribution in [0.1, 0.15) is 51.0 Å². The molecule has 7 heteroatoms. The van der Waals surface area contributed by atoms with E-state index in [4.69, 9.17) is 5.10 Å². The van der Waals surface area contributed by atoms with Gasteiger partial charge in [-0.2, -0.15) is 5.10 Å². The molecule has 3 aromatic rings. The lowest BCUT2D eigenvalue weighted by Crippen LogP contribution is -2.39. The summed E-state index contributed by atoms with van der Waals surface area (Å²) in [7, 11) is 0. The number of hydrogen-bond acceptors (Lipinski definition) is 4. The van der Waals surface area contributed by atoms with Crippen LogP contribution in [0.25, 0.3) is 16.9 Å². The second-order valence-corrected chi connectivity index (χ2v) is 9.66. The number of aromatic nitrogens is 2. The molecule has 1 aliphatic rings. The van der Waals surface area contributed by atoms with Crippen LogP contribution in [0, 0.1) is 6.92 Å². The van der Waals surface area contributed by atoms with Gasteiger partial charge in [-0.25, -0.2) is 4.68 Å². The van der Waals surface area contributed by atoms with E-state index >= 15 is 0 Å². The van der Waals surface area contributed by atoms with Gasteiger partial charge in [-0.3, -0.25) is 9.59 Å². The highest BCUT2D eigenvalue weighted by Crippen LogP contribution is 2.25. The van der Waals surface area contributed by atoms with Crippen molar-refractivity contribution in [3.05, 3.63) is 66.2 Å². The molecule has 0 spiro atoms. The number of carbonyl (C=O) groups is 2. The summed E-state index contributed by atoms with van der Waals surface area (Å²) in [6, 6.07) is 20.4. The lowest BCUT2D eigenvalue weighted by molar-refractivity contribution is -0.124. The number of nitrogens with zero attached hydrogens (tertiary/aromatic N) is 3. The van der Waals surface area contributed by atoms with E-state index in [9.17, 15) is 9.59 Å². The van der Waals surface area contributed by atoms with Gasteiger partial charge < -0.3 is 15.5 Å². The Kier molecular flexibility index (Phi) is 8.90. The van der Waals surface area contributed by atoms with Crippen molar-refractivity contribution >= 4 is 17.6 Å². The van der Waals surface area contributed by atoms with E-state index in [1.165, 1.54) is 19.3 Å². The normalized spacial score (nSPS) is 16.0. The third-order valence-electron chi connectivity index (χ3n) is 6.76. The van der Waals surface area contributed by atoms with Crippen LogP contribution in [-0.2, 0) is 9.59 Å². The average Bonchev–Trinajstić information content (AvgIpc) is 3.30. The number of nitrogens with one attached hydrogen (secondary N) is 2. The third kappa shape index (κ3) is 7.04. The predicted octanol–water partition coefficient (Wildman–Crippen LogP) is 4.95. The number of benzene rings is 2. The summed E-state index contributed by atoms with van der Waals surface area (Å²) >= 11 is 0. The number of anilines is 1. The first kappa shape index (κ1) is 25.6. The molecule has 4 rings (SSSR count). The summed E-state index contributed by atoms with van der Waals surface area (Å²) < 4.78 is 1.74. The Morgan fingerprint density at radius 3 is 2.58 bits per heavy atom. The molecule has 1 atom stereocenters. The first-order valence-corrected chi connectivity index (χ1v) is 13.0. The average molecular weight is 488 g/mol. The second-order valence-electron chi connectivity index (χ2n) is 9.66. The quantitative estimate of drug-likeness (QED) is 0.397. The van der Waals surface area contributed by atoms with Gasteiger partial charge in [0.2, 0.25) is 11.8 Å². The number of aryl methyl sites for hydroxylation is 1. The monoisotopic (exact) mass is 487 g/mol. The summed E-state index contributed by atoms with van der Waals surface area (Å²) in [5, 5.41) is 10.7. The third-order valence-corrected chi connectivity index (χ3v) is 6.76. The molecule has 2 N–H and O–H groups in total. The van der Waals surface area contributed by atoms with Crippen molar-refractivity contribution in [2.45, 2.75) is 58.4 Å².